The van der Waals surface area contributed by atoms with Crippen molar-refractivity contribution in [3.63, 3.8) is 0 Å². The molecule has 7 N–H and O–H groups in total. The van der Waals surface area contributed by atoms with E-state index in [1.807, 2.05) is 0 Å². The third-order valence-electron chi connectivity index (χ3n) is 4.19. The van der Waals surface area contributed by atoms with Gasteiger partial charge in [0.2, 0.25) is 0 Å². The summed E-state index contributed by atoms with van der Waals surface area (Å²) < 4.78 is 20.6. The van der Waals surface area contributed by atoms with Gasteiger partial charge in [0.25, 0.3) is 0 Å². The van der Waals surface area contributed by atoms with Gasteiger partial charge in [-0.3, -0.25) is 0 Å². The van der Waals surface area contributed by atoms with Crippen LogP contribution in [0.25, 0.3) is 0 Å². The van der Waals surface area contributed by atoms with E-state index in [4.69, 9.17) is 24.1 Å². The van der Waals surface area contributed by atoms with Gasteiger partial charge in [-0.2, -0.15) is 0 Å². The molecule has 142 valence electrons. The molecular formula is C13H24O11. The van der Waals surface area contributed by atoms with E-state index in [1.54, 1.807) is 0 Å². The highest BCUT2D eigenvalue weighted by Crippen LogP contribution is 2.29. The Kier molecular flexibility index (Phi) is 6.87. The van der Waals surface area contributed by atoms with E-state index in [2.05, 4.69) is 0 Å². The molecule has 0 amide bonds. The number of aliphatic hydroxyl groups is 7. The maximum atomic E-state index is 10.2. The van der Waals surface area contributed by atoms with Crippen molar-refractivity contribution in [3.05, 3.63) is 0 Å². The van der Waals surface area contributed by atoms with Crippen molar-refractivity contribution in [1.29, 1.82) is 0 Å². The average Bonchev–Trinajstić information content (AvgIpc) is 2.59. The maximum Gasteiger partial charge on any atom is 0.187 e. The lowest BCUT2D eigenvalue weighted by atomic mass is 9.97. The molecular weight excluding hydrogens is 332 g/mol. The fraction of sp³-hybridized carbons (Fsp3) is 1.00. The van der Waals surface area contributed by atoms with Crippen LogP contribution in [0.1, 0.15) is 0 Å². The number of hydrogen-bond donors (Lipinski definition) is 7. The van der Waals surface area contributed by atoms with E-state index in [-0.39, 0.29) is 0 Å². The molecule has 11 heteroatoms. The summed E-state index contributed by atoms with van der Waals surface area (Å²) in [6, 6.07) is 0. The first-order valence-corrected chi connectivity index (χ1v) is 7.46. The summed E-state index contributed by atoms with van der Waals surface area (Å²) in [6.07, 6.45) is -14.3. The summed E-state index contributed by atoms with van der Waals surface area (Å²) in [6.45, 7) is -1.24. The molecule has 0 saturated carbocycles. The highest BCUT2D eigenvalue weighted by Gasteiger charge is 2.50. The first-order valence-electron chi connectivity index (χ1n) is 7.46. The number of ether oxygens (including phenoxy) is 4. The van der Waals surface area contributed by atoms with Crippen LogP contribution in [0.3, 0.4) is 0 Å². The van der Waals surface area contributed by atoms with Crippen molar-refractivity contribution < 1.29 is 54.7 Å². The molecule has 2 rings (SSSR count). The lowest BCUT2D eigenvalue weighted by molar-refractivity contribution is -0.357. The quantitative estimate of drug-likeness (QED) is 0.251. The van der Waals surface area contributed by atoms with Gasteiger partial charge < -0.3 is 54.7 Å². The predicted molar refractivity (Wildman–Crippen MR) is 73.4 cm³/mol. The molecule has 2 aliphatic heterocycles. The third kappa shape index (κ3) is 3.71. The first-order chi connectivity index (χ1) is 11.3. The van der Waals surface area contributed by atoms with Gasteiger partial charge in [-0.05, 0) is 0 Å². The standard InChI is InChI=1S/C13H24O11/c1-21-12-10(20)8(18)11(5(3-15)23-12)24-13-9(19)7(17)6(16)4(2-14)22-13/h4-20H,2-3H2,1H3/t4?,5?,6-,7?,8+,9-,10?,11+,12+,13-/m0/s1. The minimum Gasteiger partial charge on any atom is -0.394 e. The summed E-state index contributed by atoms with van der Waals surface area (Å²) in [7, 11) is 1.24. The van der Waals surface area contributed by atoms with Crippen LogP contribution in [0.4, 0.5) is 0 Å². The normalized spacial score (nSPS) is 50.0. The SMILES string of the molecule is CO[C@@H]1OC(CO)[C@@H](O[C@@H]2OC(CO)[C@H](O)C(O)[C@@H]2O)[C@H](O)C1O. The van der Waals surface area contributed by atoms with Gasteiger partial charge >= 0.3 is 0 Å². The molecule has 0 bridgehead atoms. The Bertz CT molecular complexity index is 392. The van der Waals surface area contributed by atoms with Gasteiger partial charge in [-0.1, -0.05) is 0 Å². The van der Waals surface area contributed by atoms with Crippen molar-refractivity contribution in [3.8, 4) is 0 Å². The van der Waals surface area contributed by atoms with Gasteiger partial charge in [0.15, 0.2) is 12.6 Å². The second-order valence-corrected chi connectivity index (χ2v) is 5.74. The monoisotopic (exact) mass is 356 g/mol. The van der Waals surface area contributed by atoms with Crippen LogP contribution in [0.2, 0.25) is 0 Å². The predicted octanol–water partition coefficient (Wildman–Crippen LogP) is -4.74. The Morgan fingerprint density at radius 2 is 1.25 bits per heavy atom. The lowest BCUT2D eigenvalue weighted by Gasteiger charge is -2.45. The topological polar surface area (TPSA) is 179 Å². The van der Waals surface area contributed by atoms with Crippen LogP contribution in [0.5, 0.6) is 0 Å². The molecule has 0 aliphatic carbocycles. The molecule has 2 saturated heterocycles. The van der Waals surface area contributed by atoms with Crippen LogP contribution in [0, 0.1) is 0 Å². The highest BCUT2D eigenvalue weighted by molar-refractivity contribution is 4.93. The number of aliphatic hydroxyl groups excluding tert-OH is 7. The highest BCUT2D eigenvalue weighted by atomic mass is 16.7. The van der Waals surface area contributed by atoms with Gasteiger partial charge in [0.1, 0.15) is 48.8 Å². The van der Waals surface area contributed by atoms with E-state index in [0.29, 0.717) is 0 Å². The largest absolute Gasteiger partial charge is 0.394 e. The Balaban J connectivity index is 2.12. The van der Waals surface area contributed by atoms with Crippen LogP contribution in [-0.2, 0) is 18.9 Å². The van der Waals surface area contributed by atoms with Crippen LogP contribution in [0.15, 0.2) is 0 Å². The summed E-state index contributed by atoms with van der Waals surface area (Å²) in [5.41, 5.74) is 0. The van der Waals surface area contributed by atoms with Gasteiger partial charge in [0.05, 0.1) is 13.2 Å². The number of methoxy groups -OCH3 is 1. The fourth-order valence-corrected chi connectivity index (χ4v) is 2.75. The Morgan fingerprint density at radius 1 is 0.708 bits per heavy atom. The zero-order chi connectivity index (χ0) is 18.0. The Hall–Kier alpha value is -0.440. The van der Waals surface area contributed by atoms with Gasteiger partial charge in [-0.15, -0.1) is 0 Å². The molecule has 11 nitrogen and oxygen atoms in total. The summed E-state index contributed by atoms with van der Waals surface area (Å²) in [4.78, 5) is 0. The molecule has 0 aromatic carbocycles. The van der Waals surface area contributed by atoms with Crippen LogP contribution >= 0.6 is 0 Å². The molecule has 0 aromatic rings. The van der Waals surface area contributed by atoms with Gasteiger partial charge in [-0.25, -0.2) is 0 Å². The summed E-state index contributed by atoms with van der Waals surface area (Å²) in [5.74, 6) is 0. The molecule has 24 heavy (non-hydrogen) atoms. The summed E-state index contributed by atoms with van der Waals surface area (Å²) in [5, 5.41) is 68.0. The minimum atomic E-state index is -1.69. The number of rotatable bonds is 5. The molecule has 0 aromatic heterocycles. The third-order valence-corrected chi connectivity index (χ3v) is 4.19. The van der Waals surface area contributed by atoms with E-state index in [9.17, 15) is 30.6 Å². The van der Waals surface area contributed by atoms with E-state index >= 15 is 0 Å². The molecule has 10 atom stereocenters. The second-order valence-electron chi connectivity index (χ2n) is 5.74. The second kappa shape index (κ2) is 8.29. The van der Waals surface area contributed by atoms with Crippen LogP contribution in [-0.4, -0.2) is 117 Å². The van der Waals surface area contributed by atoms with Crippen molar-refractivity contribution in [2.75, 3.05) is 20.3 Å². The fourth-order valence-electron chi connectivity index (χ4n) is 2.75. The first kappa shape index (κ1) is 19.9. The molecule has 0 spiro atoms. The molecule has 0 radical (unpaired) electrons. The minimum absolute atomic E-state index is 0.592. The van der Waals surface area contributed by atoms with Crippen molar-refractivity contribution >= 4 is 0 Å². The summed E-state index contributed by atoms with van der Waals surface area (Å²) >= 11 is 0. The Morgan fingerprint density at radius 3 is 1.79 bits per heavy atom. The van der Waals surface area contributed by atoms with Crippen molar-refractivity contribution in [2.45, 2.75) is 61.4 Å². The van der Waals surface area contributed by atoms with Crippen molar-refractivity contribution in [1.82, 2.24) is 0 Å². The zero-order valence-electron chi connectivity index (χ0n) is 13.0. The van der Waals surface area contributed by atoms with E-state index < -0.39 is 74.6 Å². The zero-order valence-corrected chi connectivity index (χ0v) is 13.0. The molecule has 2 fully saturated rings. The molecule has 4 unspecified atom stereocenters. The molecule has 2 heterocycles. The maximum absolute atomic E-state index is 10.2. The molecule has 2 aliphatic rings. The van der Waals surface area contributed by atoms with E-state index in [0.717, 1.165) is 0 Å². The van der Waals surface area contributed by atoms with E-state index in [1.165, 1.54) is 7.11 Å². The average molecular weight is 356 g/mol. The van der Waals surface area contributed by atoms with Crippen LogP contribution < -0.4 is 0 Å². The van der Waals surface area contributed by atoms with Gasteiger partial charge in [0, 0.05) is 7.11 Å². The Labute approximate surface area is 137 Å². The number of hydrogen-bond acceptors (Lipinski definition) is 11. The van der Waals surface area contributed by atoms with Crippen molar-refractivity contribution in [2.24, 2.45) is 0 Å². The smallest absolute Gasteiger partial charge is 0.187 e. The lowest BCUT2D eigenvalue weighted by Crippen LogP contribution is -2.64.